The summed E-state index contributed by atoms with van der Waals surface area (Å²) in [5, 5.41) is 0. The summed E-state index contributed by atoms with van der Waals surface area (Å²) in [6.45, 7) is 7.11. The highest BCUT2D eigenvalue weighted by Gasteiger charge is 2.13. The zero-order valence-corrected chi connectivity index (χ0v) is 9.03. The zero-order chi connectivity index (χ0) is 11.3. The highest BCUT2D eigenvalue weighted by atomic mass is 16.5. The van der Waals surface area contributed by atoms with Crippen molar-refractivity contribution < 1.29 is 14.2 Å². The molecule has 0 saturated heterocycles. The molecule has 0 amide bonds. The van der Waals surface area contributed by atoms with Crippen LogP contribution in [0.4, 0.5) is 0 Å². The fraction of sp³-hybridized carbons (Fsp3) is 0.364. The lowest BCUT2D eigenvalue weighted by Crippen LogP contribution is -1.96. The molecule has 0 N–H and O–H groups in total. The second-order valence-corrected chi connectivity index (χ2v) is 2.85. The quantitative estimate of drug-likeness (QED) is 0.709. The second kappa shape index (κ2) is 5.11. The normalized spacial score (nSPS) is 9.20. The Hall–Kier alpha value is -1.89. The molecule has 15 heavy (non-hydrogen) atoms. The fourth-order valence-electron chi connectivity index (χ4n) is 1.32. The van der Waals surface area contributed by atoms with Crippen LogP contribution >= 0.6 is 0 Å². The average Bonchev–Trinajstić information content (AvgIpc) is 2.28. The van der Waals surface area contributed by atoms with Gasteiger partial charge in [-0.25, -0.2) is 6.57 Å². The van der Waals surface area contributed by atoms with Crippen LogP contribution in [0.25, 0.3) is 4.85 Å². The van der Waals surface area contributed by atoms with Crippen LogP contribution in [0.15, 0.2) is 12.1 Å². The van der Waals surface area contributed by atoms with Crippen LogP contribution in [-0.2, 0) is 6.54 Å². The first-order chi connectivity index (χ1) is 7.26. The summed E-state index contributed by atoms with van der Waals surface area (Å²) in [7, 11) is 4.66. The molecule has 0 aromatic heterocycles. The summed E-state index contributed by atoms with van der Waals surface area (Å²) in [6.07, 6.45) is 0. The predicted octanol–water partition coefficient (Wildman–Crippen LogP) is 2.13. The lowest BCUT2D eigenvalue weighted by Gasteiger charge is -2.12. The SMILES string of the molecule is [C-]#[N+]Cc1cc(OC)c(OC)c(OC)c1. The molecule has 0 atom stereocenters. The van der Waals surface area contributed by atoms with E-state index in [4.69, 9.17) is 20.8 Å². The maximum absolute atomic E-state index is 6.81. The van der Waals surface area contributed by atoms with Crippen LogP contribution in [-0.4, -0.2) is 21.3 Å². The molecule has 0 bridgehead atoms. The molecular weight excluding hydrogens is 194 g/mol. The van der Waals surface area contributed by atoms with Gasteiger partial charge in [0.15, 0.2) is 11.5 Å². The molecule has 0 heterocycles. The van der Waals surface area contributed by atoms with Gasteiger partial charge in [0.05, 0.1) is 21.3 Å². The molecule has 1 aromatic rings. The zero-order valence-electron chi connectivity index (χ0n) is 9.03. The van der Waals surface area contributed by atoms with Crippen molar-refractivity contribution in [3.05, 3.63) is 29.1 Å². The first-order valence-electron chi connectivity index (χ1n) is 4.39. The molecule has 0 aliphatic carbocycles. The Morgan fingerprint density at radius 3 is 1.93 bits per heavy atom. The molecular formula is C11H13NO3. The van der Waals surface area contributed by atoms with E-state index in [0.29, 0.717) is 23.8 Å². The highest BCUT2D eigenvalue weighted by Crippen LogP contribution is 2.38. The van der Waals surface area contributed by atoms with Crippen LogP contribution in [0.3, 0.4) is 0 Å². The Balaban J connectivity index is 3.24. The first-order valence-corrected chi connectivity index (χ1v) is 4.39. The second-order valence-electron chi connectivity index (χ2n) is 2.85. The number of benzene rings is 1. The van der Waals surface area contributed by atoms with Gasteiger partial charge >= 0.3 is 0 Å². The van der Waals surface area contributed by atoms with E-state index in [-0.39, 0.29) is 0 Å². The van der Waals surface area contributed by atoms with Crippen molar-refractivity contribution >= 4 is 0 Å². The molecule has 0 spiro atoms. The molecule has 0 radical (unpaired) electrons. The Morgan fingerprint density at radius 1 is 1.07 bits per heavy atom. The van der Waals surface area contributed by atoms with E-state index in [1.54, 1.807) is 33.5 Å². The minimum absolute atomic E-state index is 0.302. The van der Waals surface area contributed by atoms with E-state index >= 15 is 0 Å². The smallest absolute Gasteiger partial charge is 0.240 e. The third-order valence-corrected chi connectivity index (χ3v) is 1.99. The third-order valence-electron chi connectivity index (χ3n) is 1.99. The van der Waals surface area contributed by atoms with Gasteiger partial charge in [-0.05, 0) is 12.1 Å². The molecule has 0 unspecified atom stereocenters. The topological polar surface area (TPSA) is 32.0 Å². The minimum atomic E-state index is 0.302. The first kappa shape index (κ1) is 11.2. The minimum Gasteiger partial charge on any atom is -0.493 e. The van der Waals surface area contributed by atoms with E-state index in [2.05, 4.69) is 4.85 Å². The largest absolute Gasteiger partial charge is 0.493 e. The Bertz CT molecular complexity index is 357. The van der Waals surface area contributed by atoms with Crippen LogP contribution in [0.1, 0.15) is 5.56 Å². The standard InChI is InChI=1S/C11H13NO3/c1-12-7-8-5-9(13-2)11(15-4)10(6-8)14-3/h5-6H,7H2,2-4H3. The Labute approximate surface area is 89.2 Å². The number of ether oxygens (including phenoxy) is 3. The van der Waals surface area contributed by atoms with E-state index < -0.39 is 0 Å². The van der Waals surface area contributed by atoms with E-state index in [9.17, 15) is 0 Å². The molecule has 0 fully saturated rings. The lowest BCUT2D eigenvalue weighted by molar-refractivity contribution is 0.324. The fourth-order valence-corrected chi connectivity index (χ4v) is 1.32. The van der Waals surface area contributed by atoms with Crippen molar-refractivity contribution in [1.82, 2.24) is 0 Å². The van der Waals surface area contributed by atoms with Gasteiger partial charge in [-0.15, -0.1) is 0 Å². The summed E-state index contributed by atoms with van der Waals surface area (Å²) >= 11 is 0. The van der Waals surface area contributed by atoms with Gasteiger partial charge in [0.2, 0.25) is 12.3 Å². The van der Waals surface area contributed by atoms with E-state index in [0.717, 1.165) is 5.56 Å². The highest BCUT2D eigenvalue weighted by molar-refractivity contribution is 5.53. The van der Waals surface area contributed by atoms with Gasteiger partial charge < -0.3 is 19.1 Å². The monoisotopic (exact) mass is 207 g/mol. The van der Waals surface area contributed by atoms with Crippen LogP contribution in [0, 0.1) is 6.57 Å². The van der Waals surface area contributed by atoms with Gasteiger partial charge in [0.25, 0.3) is 0 Å². The number of hydrogen-bond acceptors (Lipinski definition) is 3. The summed E-state index contributed by atoms with van der Waals surface area (Å²) in [6, 6.07) is 3.55. The molecule has 1 aromatic carbocycles. The number of methoxy groups -OCH3 is 3. The maximum Gasteiger partial charge on any atom is 0.240 e. The third kappa shape index (κ3) is 2.32. The van der Waals surface area contributed by atoms with Gasteiger partial charge in [0, 0.05) is 5.56 Å². The molecule has 0 aliphatic heterocycles. The van der Waals surface area contributed by atoms with Crippen LogP contribution in [0.5, 0.6) is 17.2 Å². The molecule has 0 saturated carbocycles. The molecule has 4 nitrogen and oxygen atoms in total. The van der Waals surface area contributed by atoms with Crippen molar-refractivity contribution in [1.29, 1.82) is 0 Å². The van der Waals surface area contributed by atoms with Gasteiger partial charge in [-0.3, -0.25) is 0 Å². The lowest BCUT2D eigenvalue weighted by atomic mass is 10.2. The van der Waals surface area contributed by atoms with Crippen molar-refractivity contribution in [2.24, 2.45) is 0 Å². The van der Waals surface area contributed by atoms with Gasteiger partial charge in [-0.2, -0.15) is 0 Å². The van der Waals surface area contributed by atoms with E-state index in [1.807, 2.05) is 0 Å². The number of rotatable bonds is 4. The maximum atomic E-state index is 6.81. The van der Waals surface area contributed by atoms with Crippen molar-refractivity contribution in [2.45, 2.75) is 6.54 Å². The van der Waals surface area contributed by atoms with Gasteiger partial charge in [0.1, 0.15) is 0 Å². The van der Waals surface area contributed by atoms with Gasteiger partial charge in [-0.1, -0.05) is 0 Å². The van der Waals surface area contributed by atoms with Crippen molar-refractivity contribution in [3.8, 4) is 17.2 Å². The van der Waals surface area contributed by atoms with Crippen molar-refractivity contribution in [2.75, 3.05) is 21.3 Å². The molecule has 0 aliphatic rings. The van der Waals surface area contributed by atoms with Crippen molar-refractivity contribution in [3.63, 3.8) is 0 Å². The summed E-state index contributed by atoms with van der Waals surface area (Å²) in [5.41, 5.74) is 0.847. The average molecular weight is 207 g/mol. The summed E-state index contributed by atoms with van der Waals surface area (Å²) in [4.78, 5) is 3.31. The summed E-state index contributed by atoms with van der Waals surface area (Å²) in [5.74, 6) is 1.71. The predicted molar refractivity (Wildman–Crippen MR) is 56.4 cm³/mol. The molecule has 80 valence electrons. The number of nitrogens with zero attached hydrogens (tertiary/aromatic N) is 1. The Morgan fingerprint density at radius 2 is 1.60 bits per heavy atom. The molecule has 4 heteroatoms. The number of hydrogen-bond donors (Lipinski definition) is 0. The van der Waals surface area contributed by atoms with E-state index in [1.165, 1.54) is 0 Å². The van der Waals surface area contributed by atoms with Crippen LogP contribution < -0.4 is 14.2 Å². The Kier molecular flexibility index (Phi) is 3.81. The van der Waals surface area contributed by atoms with Crippen LogP contribution in [0.2, 0.25) is 0 Å². The molecule has 1 rings (SSSR count). The summed E-state index contributed by atoms with van der Waals surface area (Å²) < 4.78 is 15.5.